The summed E-state index contributed by atoms with van der Waals surface area (Å²) in [5.41, 5.74) is 6.14. The standard InChI is InChI=1S/C14H21NO3S/c1-10-5-3-6-11(9-10)18-12-7-4-8-13(14(12)15)19(2,16)17/h4,7-8,10-11H,3,5-6,9,15H2,1-2H3. The van der Waals surface area contributed by atoms with Crippen LogP contribution in [0.4, 0.5) is 5.69 Å². The van der Waals surface area contributed by atoms with Gasteiger partial charge in [-0.3, -0.25) is 0 Å². The number of ether oxygens (including phenoxy) is 1. The van der Waals surface area contributed by atoms with E-state index in [-0.39, 0.29) is 16.7 Å². The predicted molar refractivity (Wildman–Crippen MR) is 76.0 cm³/mol. The lowest BCUT2D eigenvalue weighted by Crippen LogP contribution is -2.24. The summed E-state index contributed by atoms with van der Waals surface area (Å²) in [6.45, 7) is 2.21. The second-order valence-corrected chi connectivity index (χ2v) is 7.44. The summed E-state index contributed by atoms with van der Waals surface area (Å²) >= 11 is 0. The molecule has 1 fully saturated rings. The molecule has 4 nitrogen and oxygen atoms in total. The SMILES string of the molecule is CC1CCCC(Oc2cccc(S(C)(=O)=O)c2N)C1. The van der Waals surface area contributed by atoms with E-state index in [4.69, 9.17) is 10.5 Å². The Morgan fingerprint density at radius 2 is 2.05 bits per heavy atom. The molecule has 0 bridgehead atoms. The molecule has 19 heavy (non-hydrogen) atoms. The number of benzene rings is 1. The fraction of sp³-hybridized carbons (Fsp3) is 0.571. The predicted octanol–water partition coefficient (Wildman–Crippen LogP) is 2.63. The zero-order valence-corrected chi connectivity index (χ0v) is 12.2. The third-order valence-electron chi connectivity index (χ3n) is 3.61. The van der Waals surface area contributed by atoms with Gasteiger partial charge in [0.1, 0.15) is 5.75 Å². The Kier molecular flexibility index (Phi) is 4.04. The monoisotopic (exact) mass is 283 g/mol. The van der Waals surface area contributed by atoms with Crippen molar-refractivity contribution in [3.63, 3.8) is 0 Å². The number of anilines is 1. The van der Waals surface area contributed by atoms with Crippen LogP contribution in [0.15, 0.2) is 23.1 Å². The summed E-state index contributed by atoms with van der Waals surface area (Å²) in [7, 11) is -3.31. The van der Waals surface area contributed by atoms with Crippen molar-refractivity contribution in [2.45, 2.75) is 43.6 Å². The maximum atomic E-state index is 11.6. The minimum Gasteiger partial charge on any atom is -0.488 e. The van der Waals surface area contributed by atoms with Crippen LogP contribution >= 0.6 is 0 Å². The second kappa shape index (κ2) is 5.41. The van der Waals surface area contributed by atoms with E-state index in [1.54, 1.807) is 12.1 Å². The van der Waals surface area contributed by atoms with Crippen LogP contribution < -0.4 is 10.5 Å². The first-order valence-corrected chi connectivity index (χ1v) is 8.52. The molecule has 1 aliphatic carbocycles. The number of nitrogen functional groups attached to an aromatic ring is 1. The van der Waals surface area contributed by atoms with Crippen molar-refractivity contribution < 1.29 is 13.2 Å². The minimum absolute atomic E-state index is 0.140. The van der Waals surface area contributed by atoms with Crippen molar-refractivity contribution in [3.8, 4) is 5.75 Å². The molecule has 2 atom stereocenters. The van der Waals surface area contributed by atoms with Crippen LogP contribution in [0.25, 0.3) is 0 Å². The van der Waals surface area contributed by atoms with Crippen LogP contribution in [0.3, 0.4) is 0 Å². The fourth-order valence-electron chi connectivity index (χ4n) is 2.62. The number of rotatable bonds is 3. The molecule has 0 radical (unpaired) electrons. The Morgan fingerprint density at radius 3 is 2.68 bits per heavy atom. The van der Waals surface area contributed by atoms with E-state index in [0.717, 1.165) is 25.5 Å². The van der Waals surface area contributed by atoms with Gasteiger partial charge in [0.2, 0.25) is 0 Å². The quantitative estimate of drug-likeness (QED) is 0.866. The average Bonchev–Trinajstić information content (AvgIpc) is 2.30. The van der Waals surface area contributed by atoms with Crippen LogP contribution in [0.1, 0.15) is 32.6 Å². The highest BCUT2D eigenvalue weighted by Gasteiger charge is 2.22. The summed E-state index contributed by atoms with van der Waals surface area (Å²) in [6, 6.07) is 4.93. The van der Waals surface area contributed by atoms with E-state index in [9.17, 15) is 8.42 Å². The number of hydrogen-bond donors (Lipinski definition) is 1. The van der Waals surface area contributed by atoms with Crippen molar-refractivity contribution in [2.24, 2.45) is 5.92 Å². The number of sulfone groups is 1. The van der Waals surface area contributed by atoms with Gasteiger partial charge < -0.3 is 10.5 Å². The van der Waals surface area contributed by atoms with Gasteiger partial charge in [-0.25, -0.2) is 8.42 Å². The molecular weight excluding hydrogens is 262 g/mol. The highest BCUT2D eigenvalue weighted by atomic mass is 32.2. The highest BCUT2D eigenvalue weighted by molar-refractivity contribution is 7.90. The van der Waals surface area contributed by atoms with Gasteiger partial charge in [0.25, 0.3) is 0 Å². The van der Waals surface area contributed by atoms with Crippen LogP contribution in [0.5, 0.6) is 5.75 Å². The molecule has 0 saturated heterocycles. The number of hydrogen-bond acceptors (Lipinski definition) is 4. The Bertz CT molecular complexity index is 554. The third kappa shape index (κ3) is 3.41. The van der Waals surface area contributed by atoms with Crippen molar-refractivity contribution in [2.75, 3.05) is 12.0 Å². The Balaban J connectivity index is 2.21. The molecule has 0 aromatic heterocycles. The van der Waals surface area contributed by atoms with E-state index in [2.05, 4.69) is 6.92 Å². The van der Waals surface area contributed by atoms with E-state index in [0.29, 0.717) is 11.7 Å². The molecular formula is C14H21NO3S. The topological polar surface area (TPSA) is 69.4 Å². The molecule has 1 aliphatic rings. The van der Waals surface area contributed by atoms with Gasteiger partial charge >= 0.3 is 0 Å². The van der Waals surface area contributed by atoms with Crippen molar-refractivity contribution >= 4 is 15.5 Å². The average molecular weight is 283 g/mol. The van der Waals surface area contributed by atoms with E-state index < -0.39 is 9.84 Å². The molecule has 2 rings (SSSR count). The second-order valence-electron chi connectivity index (χ2n) is 5.45. The van der Waals surface area contributed by atoms with Gasteiger partial charge in [0.05, 0.1) is 16.7 Å². The van der Waals surface area contributed by atoms with Gasteiger partial charge in [-0.15, -0.1) is 0 Å². The molecule has 0 aliphatic heterocycles. The van der Waals surface area contributed by atoms with Crippen molar-refractivity contribution in [3.05, 3.63) is 18.2 Å². The molecule has 106 valence electrons. The van der Waals surface area contributed by atoms with Crippen molar-refractivity contribution in [1.82, 2.24) is 0 Å². The molecule has 5 heteroatoms. The molecule has 2 unspecified atom stereocenters. The fourth-order valence-corrected chi connectivity index (χ4v) is 3.44. The Morgan fingerprint density at radius 1 is 1.32 bits per heavy atom. The normalized spacial score (nSPS) is 24.1. The van der Waals surface area contributed by atoms with Crippen LogP contribution in [-0.4, -0.2) is 20.8 Å². The first kappa shape index (κ1) is 14.2. The number of para-hydroxylation sites is 1. The van der Waals surface area contributed by atoms with Gasteiger partial charge in [-0.2, -0.15) is 0 Å². The van der Waals surface area contributed by atoms with E-state index >= 15 is 0 Å². The Hall–Kier alpha value is -1.23. The maximum Gasteiger partial charge on any atom is 0.177 e. The van der Waals surface area contributed by atoms with E-state index in [1.165, 1.54) is 12.5 Å². The lowest BCUT2D eigenvalue weighted by atomic mass is 9.89. The minimum atomic E-state index is -3.31. The maximum absolute atomic E-state index is 11.6. The third-order valence-corrected chi connectivity index (χ3v) is 4.76. The number of nitrogens with two attached hydrogens (primary N) is 1. The molecule has 0 heterocycles. The van der Waals surface area contributed by atoms with Gasteiger partial charge in [0.15, 0.2) is 9.84 Å². The smallest absolute Gasteiger partial charge is 0.177 e. The zero-order valence-electron chi connectivity index (χ0n) is 11.4. The lowest BCUT2D eigenvalue weighted by Gasteiger charge is -2.28. The van der Waals surface area contributed by atoms with Gasteiger partial charge in [-0.1, -0.05) is 19.4 Å². The van der Waals surface area contributed by atoms with Crippen molar-refractivity contribution in [1.29, 1.82) is 0 Å². The zero-order chi connectivity index (χ0) is 14.0. The molecule has 1 saturated carbocycles. The van der Waals surface area contributed by atoms with Crippen LogP contribution in [0.2, 0.25) is 0 Å². The van der Waals surface area contributed by atoms with Gasteiger partial charge in [-0.05, 0) is 37.3 Å². The molecule has 1 aromatic rings. The molecule has 1 aromatic carbocycles. The molecule has 0 spiro atoms. The molecule has 0 amide bonds. The Labute approximate surface area is 114 Å². The van der Waals surface area contributed by atoms with Crippen LogP contribution in [-0.2, 0) is 9.84 Å². The van der Waals surface area contributed by atoms with Crippen LogP contribution in [0, 0.1) is 5.92 Å². The molecule has 2 N–H and O–H groups in total. The summed E-state index contributed by atoms with van der Waals surface area (Å²) in [5.74, 6) is 1.14. The highest BCUT2D eigenvalue weighted by Crippen LogP contribution is 2.33. The largest absolute Gasteiger partial charge is 0.488 e. The summed E-state index contributed by atoms with van der Waals surface area (Å²) in [6.07, 6.45) is 5.69. The lowest BCUT2D eigenvalue weighted by molar-refractivity contribution is 0.130. The summed E-state index contributed by atoms with van der Waals surface area (Å²) in [5, 5.41) is 0. The first-order valence-electron chi connectivity index (χ1n) is 6.63. The van der Waals surface area contributed by atoms with Gasteiger partial charge in [0, 0.05) is 6.26 Å². The first-order chi connectivity index (χ1) is 8.88. The summed E-state index contributed by atoms with van der Waals surface area (Å²) < 4.78 is 29.1. The van der Waals surface area contributed by atoms with E-state index in [1.807, 2.05) is 0 Å². The summed E-state index contributed by atoms with van der Waals surface area (Å²) in [4.78, 5) is 0.147.